The van der Waals surface area contributed by atoms with E-state index in [4.69, 9.17) is 8.83 Å². The molecule has 1 aliphatic carbocycles. The van der Waals surface area contributed by atoms with E-state index in [1.807, 2.05) is 18.6 Å². The first-order valence-electron chi connectivity index (χ1n) is 8.59. The summed E-state index contributed by atoms with van der Waals surface area (Å²) in [5.74, 6) is 1.17. The second kappa shape index (κ2) is 7.08. The number of furan rings is 2. The molecule has 0 saturated heterocycles. The molecule has 0 aliphatic heterocycles. The van der Waals surface area contributed by atoms with Crippen LogP contribution in [-0.2, 0) is 18.3 Å². The van der Waals surface area contributed by atoms with E-state index < -0.39 is 0 Å². The molecule has 0 N–H and O–H groups in total. The van der Waals surface area contributed by atoms with E-state index in [1.165, 1.54) is 35.3 Å². The van der Waals surface area contributed by atoms with Crippen LogP contribution in [0.15, 0.2) is 63.6 Å². The van der Waals surface area contributed by atoms with Crippen molar-refractivity contribution in [3.63, 3.8) is 0 Å². The molecule has 2 aromatic rings. The normalized spacial score (nSPS) is 21.7. The van der Waals surface area contributed by atoms with Crippen molar-refractivity contribution in [2.75, 3.05) is 0 Å². The number of rotatable bonds is 6. The van der Waals surface area contributed by atoms with Gasteiger partial charge in [0, 0.05) is 5.41 Å². The zero-order valence-corrected chi connectivity index (χ0v) is 14.2. The lowest BCUT2D eigenvalue weighted by molar-refractivity contribution is 0.366. The Labute approximate surface area is 138 Å². The van der Waals surface area contributed by atoms with Crippen molar-refractivity contribution in [3.8, 4) is 0 Å². The molecule has 0 bridgehead atoms. The summed E-state index contributed by atoms with van der Waals surface area (Å²) >= 11 is 0. The largest absolute Gasteiger partial charge is 0.472 e. The predicted molar refractivity (Wildman–Crippen MR) is 93.5 cm³/mol. The molecule has 2 nitrogen and oxygen atoms in total. The fourth-order valence-corrected chi connectivity index (χ4v) is 3.46. The number of aryl methyl sites for hydroxylation is 2. The molecule has 0 spiro atoms. The summed E-state index contributed by atoms with van der Waals surface area (Å²) in [6.07, 6.45) is 19.1. The summed E-state index contributed by atoms with van der Waals surface area (Å²) in [5, 5.41) is 0. The topological polar surface area (TPSA) is 26.3 Å². The highest BCUT2D eigenvalue weighted by molar-refractivity contribution is 5.32. The van der Waals surface area contributed by atoms with Gasteiger partial charge in [0.15, 0.2) is 0 Å². The van der Waals surface area contributed by atoms with Crippen molar-refractivity contribution in [2.24, 2.45) is 0 Å². The summed E-state index contributed by atoms with van der Waals surface area (Å²) in [6.45, 7) is 4.50. The van der Waals surface area contributed by atoms with Crippen molar-refractivity contribution >= 4 is 0 Å². The van der Waals surface area contributed by atoms with Crippen molar-refractivity contribution < 1.29 is 8.83 Å². The molecular weight excluding hydrogens is 284 g/mol. The smallest absolute Gasteiger partial charge is 0.116 e. The molecule has 0 radical (unpaired) electrons. The Morgan fingerprint density at radius 1 is 1.30 bits per heavy atom. The van der Waals surface area contributed by atoms with Crippen LogP contribution in [-0.4, -0.2) is 0 Å². The van der Waals surface area contributed by atoms with Gasteiger partial charge in [0.1, 0.15) is 5.76 Å². The van der Waals surface area contributed by atoms with Crippen LogP contribution in [0.1, 0.15) is 56.4 Å². The molecule has 0 fully saturated rings. The fourth-order valence-electron chi connectivity index (χ4n) is 3.46. The minimum atomic E-state index is 0.0636. The number of hydrogen-bond acceptors (Lipinski definition) is 2. The number of fused-ring (bicyclic) bond motifs is 1. The Bertz CT molecular complexity index is 673. The van der Waals surface area contributed by atoms with E-state index in [1.54, 1.807) is 6.26 Å². The summed E-state index contributed by atoms with van der Waals surface area (Å²) < 4.78 is 10.9. The van der Waals surface area contributed by atoms with Crippen molar-refractivity contribution in [1.82, 2.24) is 0 Å². The summed E-state index contributed by atoms with van der Waals surface area (Å²) in [7, 11) is 0. The summed E-state index contributed by atoms with van der Waals surface area (Å²) in [6, 6.07) is 4.16. The molecule has 2 aromatic heterocycles. The Hall–Kier alpha value is -1.96. The molecule has 1 aliphatic rings. The van der Waals surface area contributed by atoms with E-state index >= 15 is 0 Å². The highest BCUT2D eigenvalue weighted by Gasteiger charge is 2.32. The summed E-state index contributed by atoms with van der Waals surface area (Å²) in [4.78, 5) is 0. The van der Waals surface area contributed by atoms with Gasteiger partial charge in [-0.05, 0) is 75.6 Å². The van der Waals surface area contributed by atoms with E-state index in [0.29, 0.717) is 0 Å². The third-order valence-corrected chi connectivity index (χ3v) is 4.84. The standard InChI is InChI=1S/C21H26O2/c1-17(6-3-8-18-10-14-22-16-18)7-4-12-21(2)13-5-9-19-11-15-23-20(19)21/h4,6,10-12,14-16H,3,5,7-9,13H2,1-2H3. The van der Waals surface area contributed by atoms with Crippen LogP contribution < -0.4 is 0 Å². The molecule has 3 rings (SSSR count). The third-order valence-electron chi connectivity index (χ3n) is 4.84. The molecule has 1 unspecified atom stereocenters. The van der Waals surface area contributed by atoms with Gasteiger partial charge in [0.25, 0.3) is 0 Å². The second-order valence-electron chi connectivity index (χ2n) is 6.87. The maximum absolute atomic E-state index is 5.76. The maximum atomic E-state index is 5.76. The van der Waals surface area contributed by atoms with E-state index in [-0.39, 0.29) is 5.41 Å². The minimum absolute atomic E-state index is 0.0636. The van der Waals surface area contributed by atoms with Crippen LogP contribution >= 0.6 is 0 Å². The van der Waals surface area contributed by atoms with Crippen LogP contribution in [0.2, 0.25) is 0 Å². The fraction of sp³-hybridized carbons (Fsp3) is 0.429. The monoisotopic (exact) mass is 310 g/mol. The number of hydrogen-bond donors (Lipinski definition) is 0. The molecule has 1 atom stereocenters. The van der Waals surface area contributed by atoms with Crippen molar-refractivity contribution in [1.29, 1.82) is 0 Å². The lowest BCUT2D eigenvalue weighted by Crippen LogP contribution is -2.23. The van der Waals surface area contributed by atoms with Crippen LogP contribution in [0.3, 0.4) is 0 Å². The van der Waals surface area contributed by atoms with Crippen LogP contribution in [0.25, 0.3) is 0 Å². The molecule has 122 valence electrons. The minimum Gasteiger partial charge on any atom is -0.472 e. The average molecular weight is 310 g/mol. The van der Waals surface area contributed by atoms with Crippen LogP contribution in [0.4, 0.5) is 0 Å². The first-order chi connectivity index (χ1) is 11.2. The van der Waals surface area contributed by atoms with Crippen LogP contribution in [0, 0.1) is 0 Å². The first kappa shape index (κ1) is 15.9. The second-order valence-corrected chi connectivity index (χ2v) is 6.87. The van der Waals surface area contributed by atoms with Gasteiger partial charge in [-0.2, -0.15) is 0 Å². The summed E-state index contributed by atoms with van der Waals surface area (Å²) in [5.41, 5.74) is 4.14. The highest BCUT2D eigenvalue weighted by Crippen LogP contribution is 2.39. The van der Waals surface area contributed by atoms with Gasteiger partial charge >= 0.3 is 0 Å². The van der Waals surface area contributed by atoms with Gasteiger partial charge < -0.3 is 8.83 Å². The maximum Gasteiger partial charge on any atom is 0.116 e. The van der Waals surface area contributed by atoms with Crippen LogP contribution in [0.5, 0.6) is 0 Å². The third kappa shape index (κ3) is 3.87. The molecule has 0 aromatic carbocycles. The molecular formula is C21H26O2. The van der Waals surface area contributed by atoms with Gasteiger partial charge in [-0.1, -0.05) is 23.8 Å². The van der Waals surface area contributed by atoms with Gasteiger partial charge in [-0.3, -0.25) is 0 Å². The predicted octanol–water partition coefficient (Wildman–Crippen LogP) is 5.99. The Morgan fingerprint density at radius 3 is 3.04 bits per heavy atom. The molecule has 2 heteroatoms. The van der Waals surface area contributed by atoms with Gasteiger partial charge in [-0.25, -0.2) is 0 Å². The SMILES string of the molecule is CC(=CCCc1ccoc1)CC=CC1(C)CCCc2ccoc21. The van der Waals surface area contributed by atoms with E-state index in [0.717, 1.165) is 25.7 Å². The molecule has 0 saturated carbocycles. The van der Waals surface area contributed by atoms with Crippen molar-refractivity contribution in [2.45, 2.75) is 57.8 Å². The lowest BCUT2D eigenvalue weighted by Gasteiger charge is -2.29. The molecule has 23 heavy (non-hydrogen) atoms. The van der Waals surface area contributed by atoms with Crippen molar-refractivity contribution in [3.05, 3.63) is 71.6 Å². The lowest BCUT2D eigenvalue weighted by atomic mass is 9.75. The van der Waals surface area contributed by atoms with Gasteiger partial charge in [0.05, 0.1) is 18.8 Å². The quantitative estimate of drug-likeness (QED) is 0.612. The zero-order valence-electron chi connectivity index (χ0n) is 14.2. The molecule has 0 amide bonds. The average Bonchev–Trinajstić information content (AvgIpc) is 3.19. The van der Waals surface area contributed by atoms with Gasteiger partial charge in [0.2, 0.25) is 0 Å². The Balaban J connectivity index is 1.54. The van der Waals surface area contributed by atoms with E-state index in [2.05, 4.69) is 38.1 Å². The zero-order chi connectivity index (χ0) is 16.1. The first-order valence-corrected chi connectivity index (χ1v) is 8.59. The van der Waals surface area contributed by atoms with Gasteiger partial charge in [-0.15, -0.1) is 0 Å². The molecule has 2 heterocycles. The van der Waals surface area contributed by atoms with E-state index in [9.17, 15) is 0 Å². The Kier molecular flexibility index (Phi) is 4.90. The highest BCUT2D eigenvalue weighted by atomic mass is 16.3. The Morgan fingerprint density at radius 2 is 2.22 bits per heavy atom. The number of allylic oxidation sites excluding steroid dienone is 4.